The molecule has 0 aliphatic carbocycles. The third-order valence-electron chi connectivity index (χ3n) is 3.92. The first-order valence-corrected chi connectivity index (χ1v) is 8.49. The largest absolute Gasteiger partial charge is 0.463 e. The average molecular weight is 359 g/mol. The van der Waals surface area contributed by atoms with Gasteiger partial charge in [-0.1, -0.05) is 6.07 Å². The molecule has 0 saturated carbocycles. The third-order valence-corrected chi connectivity index (χ3v) is 3.92. The molecule has 138 valence electrons. The SMILES string of the molecule is O=C(CNC(=O)c1cccc(NC2=NCCCN2)c1)N[C@@H]1COC(=O)C1. The molecule has 2 aliphatic rings. The number of amides is 2. The quantitative estimate of drug-likeness (QED) is 0.532. The first-order valence-electron chi connectivity index (χ1n) is 8.49. The van der Waals surface area contributed by atoms with E-state index in [2.05, 4.69) is 26.3 Å². The van der Waals surface area contributed by atoms with E-state index in [0.717, 1.165) is 25.2 Å². The van der Waals surface area contributed by atoms with Crippen molar-refractivity contribution in [2.24, 2.45) is 4.99 Å². The number of hydrogen-bond acceptors (Lipinski definition) is 7. The van der Waals surface area contributed by atoms with Gasteiger partial charge in [0.05, 0.1) is 19.0 Å². The van der Waals surface area contributed by atoms with E-state index in [1.807, 2.05) is 6.07 Å². The summed E-state index contributed by atoms with van der Waals surface area (Å²) in [6.45, 7) is 1.63. The lowest BCUT2D eigenvalue weighted by Gasteiger charge is -2.16. The van der Waals surface area contributed by atoms with Crippen molar-refractivity contribution >= 4 is 29.4 Å². The Hall–Kier alpha value is -3.10. The number of hydrogen-bond donors (Lipinski definition) is 4. The monoisotopic (exact) mass is 359 g/mol. The fourth-order valence-corrected chi connectivity index (χ4v) is 2.64. The number of benzene rings is 1. The van der Waals surface area contributed by atoms with Crippen molar-refractivity contribution in [3.8, 4) is 0 Å². The average Bonchev–Trinajstić information content (AvgIpc) is 3.05. The summed E-state index contributed by atoms with van der Waals surface area (Å²) in [4.78, 5) is 39.4. The summed E-state index contributed by atoms with van der Waals surface area (Å²) in [6, 6.07) is 6.61. The van der Waals surface area contributed by atoms with Gasteiger partial charge in [0.2, 0.25) is 5.91 Å². The minimum Gasteiger partial charge on any atom is -0.463 e. The summed E-state index contributed by atoms with van der Waals surface area (Å²) in [5, 5.41) is 11.5. The molecular weight excluding hydrogens is 338 g/mol. The van der Waals surface area contributed by atoms with E-state index in [1.165, 1.54) is 0 Å². The van der Waals surface area contributed by atoms with Crippen LogP contribution in [-0.2, 0) is 14.3 Å². The molecule has 1 atom stereocenters. The number of aliphatic imine (C=N–C) groups is 1. The molecule has 1 aromatic carbocycles. The molecule has 1 fully saturated rings. The van der Waals surface area contributed by atoms with Gasteiger partial charge in [0.1, 0.15) is 6.61 Å². The molecule has 9 heteroatoms. The molecule has 3 rings (SSSR count). The van der Waals surface area contributed by atoms with Crippen LogP contribution in [0.2, 0.25) is 0 Å². The normalized spacial score (nSPS) is 19.0. The molecular formula is C17H21N5O4. The van der Waals surface area contributed by atoms with Crippen molar-refractivity contribution in [1.82, 2.24) is 16.0 Å². The number of anilines is 1. The van der Waals surface area contributed by atoms with Crippen LogP contribution in [-0.4, -0.2) is 56.0 Å². The molecule has 2 amide bonds. The number of esters is 1. The second-order valence-electron chi connectivity index (χ2n) is 6.05. The van der Waals surface area contributed by atoms with E-state index >= 15 is 0 Å². The molecule has 2 heterocycles. The zero-order chi connectivity index (χ0) is 18.4. The summed E-state index contributed by atoms with van der Waals surface area (Å²) < 4.78 is 4.77. The second kappa shape index (κ2) is 8.32. The Morgan fingerprint density at radius 3 is 2.96 bits per heavy atom. The molecule has 0 radical (unpaired) electrons. The zero-order valence-electron chi connectivity index (χ0n) is 14.2. The lowest BCUT2D eigenvalue weighted by Crippen LogP contribution is -2.42. The van der Waals surface area contributed by atoms with Crippen molar-refractivity contribution in [3.05, 3.63) is 29.8 Å². The molecule has 4 N–H and O–H groups in total. The second-order valence-corrected chi connectivity index (χ2v) is 6.05. The maximum Gasteiger partial charge on any atom is 0.308 e. The number of guanidine groups is 1. The summed E-state index contributed by atoms with van der Waals surface area (Å²) in [5.74, 6) is -0.375. The van der Waals surface area contributed by atoms with Gasteiger partial charge in [-0.15, -0.1) is 0 Å². The van der Waals surface area contributed by atoms with Gasteiger partial charge < -0.3 is 26.0 Å². The lowest BCUT2D eigenvalue weighted by molar-refractivity contribution is -0.138. The topological polar surface area (TPSA) is 121 Å². The Bertz CT molecular complexity index is 734. The minimum absolute atomic E-state index is 0.158. The van der Waals surface area contributed by atoms with E-state index in [9.17, 15) is 14.4 Å². The van der Waals surface area contributed by atoms with Gasteiger partial charge in [-0.05, 0) is 24.6 Å². The molecule has 0 spiro atoms. The van der Waals surface area contributed by atoms with Crippen molar-refractivity contribution in [1.29, 1.82) is 0 Å². The Kier molecular flexibility index (Phi) is 5.67. The van der Waals surface area contributed by atoms with E-state index in [1.54, 1.807) is 18.2 Å². The Labute approximate surface area is 150 Å². The van der Waals surface area contributed by atoms with Crippen LogP contribution in [0.15, 0.2) is 29.3 Å². The van der Waals surface area contributed by atoms with Gasteiger partial charge in [-0.25, -0.2) is 0 Å². The van der Waals surface area contributed by atoms with E-state index in [0.29, 0.717) is 11.5 Å². The first kappa shape index (κ1) is 17.7. The predicted octanol–water partition coefficient (Wildman–Crippen LogP) is -0.391. The Morgan fingerprint density at radius 2 is 2.23 bits per heavy atom. The molecule has 9 nitrogen and oxygen atoms in total. The number of cyclic esters (lactones) is 1. The van der Waals surface area contributed by atoms with Crippen LogP contribution in [0, 0.1) is 0 Å². The van der Waals surface area contributed by atoms with Crippen LogP contribution < -0.4 is 21.3 Å². The van der Waals surface area contributed by atoms with Crippen LogP contribution >= 0.6 is 0 Å². The van der Waals surface area contributed by atoms with Gasteiger partial charge in [0.15, 0.2) is 5.96 Å². The maximum absolute atomic E-state index is 12.2. The molecule has 0 unspecified atom stereocenters. The molecule has 2 aliphatic heterocycles. The smallest absolute Gasteiger partial charge is 0.308 e. The highest BCUT2D eigenvalue weighted by molar-refractivity contribution is 5.99. The number of carbonyl (C=O) groups is 3. The molecule has 0 bridgehead atoms. The van der Waals surface area contributed by atoms with Crippen LogP contribution in [0.25, 0.3) is 0 Å². The van der Waals surface area contributed by atoms with Gasteiger partial charge in [-0.3, -0.25) is 19.4 Å². The summed E-state index contributed by atoms with van der Waals surface area (Å²) in [5.41, 5.74) is 1.16. The van der Waals surface area contributed by atoms with Crippen LogP contribution in [0.4, 0.5) is 5.69 Å². The van der Waals surface area contributed by atoms with Gasteiger partial charge in [-0.2, -0.15) is 0 Å². The third kappa shape index (κ3) is 4.95. The highest BCUT2D eigenvalue weighted by atomic mass is 16.5. The van der Waals surface area contributed by atoms with Crippen molar-refractivity contribution in [2.75, 3.05) is 31.6 Å². The number of carbonyl (C=O) groups excluding carboxylic acids is 3. The maximum atomic E-state index is 12.2. The minimum atomic E-state index is -0.364. The van der Waals surface area contributed by atoms with Gasteiger partial charge in [0, 0.05) is 24.3 Å². The van der Waals surface area contributed by atoms with Gasteiger partial charge in [0.25, 0.3) is 5.91 Å². The standard InChI is InChI=1S/C17H21N5O4/c23-14(21-13-8-15(24)26-10-13)9-20-16(25)11-3-1-4-12(7-11)22-17-18-5-2-6-19-17/h1,3-4,7,13H,2,5-6,8-10H2,(H,20,25)(H,21,23)(H2,18,19,22)/t13-/m0/s1. The number of nitrogens with zero attached hydrogens (tertiary/aromatic N) is 1. The van der Waals surface area contributed by atoms with Crippen LogP contribution in [0.1, 0.15) is 23.2 Å². The molecule has 26 heavy (non-hydrogen) atoms. The lowest BCUT2D eigenvalue weighted by atomic mass is 10.2. The molecule has 1 aromatic rings. The van der Waals surface area contributed by atoms with Crippen LogP contribution in [0.5, 0.6) is 0 Å². The molecule has 1 saturated heterocycles. The first-order chi connectivity index (χ1) is 12.6. The van der Waals surface area contributed by atoms with E-state index in [4.69, 9.17) is 4.74 Å². The van der Waals surface area contributed by atoms with E-state index in [-0.39, 0.29) is 43.4 Å². The number of nitrogens with one attached hydrogen (secondary N) is 4. The fourth-order valence-electron chi connectivity index (χ4n) is 2.64. The summed E-state index contributed by atoms with van der Waals surface area (Å²) in [7, 11) is 0. The Balaban J connectivity index is 1.49. The number of rotatable bonds is 5. The predicted molar refractivity (Wildman–Crippen MR) is 94.8 cm³/mol. The number of ether oxygens (including phenoxy) is 1. The fraction of sp³-hybridized carbons (Fsp3) is 0.412. The van der Waals surface area contributed by atoms with Crippen molar-refractivity contribution in [3.63, 3.8) is 0 Å². The molecule has 0 aromatic heterocycles. The van der Waals surface area contributed by atoms with Crippen molar-refractivity contribution in [2.45, 2.75) is 18.9 Å². The summed E-state index contributed by atoms with van der Waals surface area (Å²) in [6.07, 6.45) is 1.15. The van der Waals surface area contributed by atoms with Crippen LogP contribution in [0.3, 0.4) is 0 Å². The van der Waals surface area contributed by atoms with Gasteiger partial charge >= 0.3 is 5.97 Å². The summed E-state index contributed by atoms with van der Waals surface area (Å²) >= 11 is 0. The highest BCUT2D eigenvalue weighted by Gasteiger charge is 2.25. The Morgan fingerprint density at radius 1 is 1.35 bits per heavy atom. The highest BCUT2D eigenvalue weighted by Crippen LogP contribution is 2.11. The van der Waals surface area contributed by atoms with Crippen molar-refractivity contribution < 1.29 is 19.1 Å². The zero-order valence-corrected chi connectivity index (χ0v) is 14.2. The van der Waals surface area contributed by atoms with E-state index < -0.39 is 0 Å².